The van der Waals surface area contributed by atoms with Gasteiger partial charge in [-0.2, -0.15) is 18.3 Å². The summed E-state index contributed by atoms with van der Waals surface area (Å²) in [6.45, 7) is 5.08. The van der Waals surface area contributed by atoms with Crippen LogP contribution in [-0.2, 0) is 10.9 Å². The third-order valence-corrected chi connectivity index (χ3v) is 4.05. The van der Waals surface area contributed by atoms with Crippen LogP contribution >= 0.6 is 11.6 Å². The van der Waals surface area contributed by atoms with Gasteiger partial charge < -0.3 is 4.74 Å². The molecule has 0 aliphatic rings. The summed E-state index contributed by atoms with van der Waals surface area (Å²) in [5.74, 6) is -0.912. The zero-order chi connectivity index (χ0) is 19.9. The van der Waals surface area contributed by atoms with Gasteiger partial charge in [-0.05, 0) is 26.8 Å². The summed E-state index contributed by atoms with van der Waals surface area (Å²) in [4.78, 5) is 16.3. The van der Waals surface area contributed by atoms with Crippen LogP contribution in [0.2, 0.25) is 5.02 Å². The van der Waals surface area contributed by atoms with Crippen LogP contribution < -0.4 is 0 Å². The fraction of sp³-hybridized carbons (Fsp3) is 0.278. The van der Waals surface area contributed by atoms with E-state index < -0.39 is 29.6 Å². The molecule has 2 aromatic heterocycles. The topological polar surface area (TPSA) is 56.5 Å². The Morgan fingerprint density at radius 3 is 2.41 bits per heavy atom. The molecule has 0 amide bonds. The Morgan fingerprint density at radius 1 is 1.22 bits per heavy atom. The molecule has 0 spiro atoms. The second-order valence-electron chi connectivity index (χ2n) is 6.24. The smallest absolute Gasteiger partial charge is 0.433 e. The first-order valence-corrected chi connectivity index (χ1v) is 8.40. The maximum absolute atomic E-state index is 13.6. The molecule has 0 radical (unpaired) electrons. The van der Waals surface area contributed by atoms with E-state index >= 15 is 0 Å². The Kier molecular flexibility index (Phi) is 4.86. The Balaban J connectivity index is 2.25. The molecule has 0 aliphatic carbocycles. The van der Waals surface area contributed by atoms with E-state index in [1.165, 1.54) is 0 Å². The number of halogens is 4. The Labute approximate surface area is 157 Å². The number of alkyl halides is 3. The van der Waals surface area contributed by atoms with Crippen LogP contribution in [0.3, 0.4) is 0 Å². The molecular weight excluding hydrogens is 383 g/mol. The van der Waals surface area contributed by atoms with Gasteiger partial charge in [0, 0.05) is 5.56 Å². The van der Waals surface area contributed by atoms with Gasteiger partial charge in [-0.15, -0.1) is 0 Å². The summed E-state index contributed by atoms with van der Waals surface area (Å²) < 4.78 is 46.3. The summed E-state index contributed by atoms with van der Waals surface area (Å²) in [5, 5.41) is 3.42. The molecule has 0 aliphatic heterocycles. The van der Waals surface area contributed by atoms with Gasteiger partial charge in [0.2, 0.25) is 0 Å². The third-order valence-electron chi connectivity index (χ3n) is 3.71. The fourth-order valence-electron chi connectivity index (χ4n) is 2.47. The second kappa shape index (κ2) is 6.84. The quantitative estimate of drug-likeness (QED) is 0.587. The molecule has 0 bridgehead atoms. The first-order valence-electron chi connectivity index (χ1n) is 8.02. The lowest BCUT2D eigenvalue weighted by Crippen LogP contribution is -2.15. The lowest BCUT2D eigenvalue weighted by Gasteiger charge is -2.11. The van der Waals surface area contributed by atoms with Crippen molar-refractivity contribution >= 4 is 23.2 Å². The van der Waals surface area contributed by atoms with E-state index in [0.29, 0.717) is 10.1 Å². The number of aryl methyl sites for hydroxylation is 1. The number of fused-ring (bicyclic) bond motifs is 1. The molecule has 1 aromatic carbocycles. The molecule has 0 saturated carbocycles. The third kappa shape index (κ3) is 3.75. The normalized spacial score (nSPS) is 12.0. The van der Waals surface area contributed by atoms with Gasteiger partial charge in [-0.1, -0.05) is 41.4 Å². The summed E-state index contributed by atoms with van der Waals surface area (Å²) in [5.41, 5.74) is -0.259. The molecular formula is C18H15ClF3N3O2. The number of esters is 1. The van der Waals surface area contributed by atoms with Crippen LogP contribution in [0.1, 0.15) is 35.6 Å². The molecule has 142 valence electrons. The van der Waals surface area contributed by atoms with Crippen LogP contribution in [0, 0.1) is 6.92 Å². The molecule has 0 unspecified atom stereocenters. The number of ether oxygens (including phenoxy) is 1. The highest BCUT2D eigenvalue weighted by molar-refractivity contribution is 6.36. The van der Waals surface area contributed by atoms with E-state index in [0.717, 1.165) is 11.6 Å². The molecule has 3 aromatic rings. The number of carbonyl (C=O) groups excluding carboxylic acids is 1. The summed E-state index contributed by atoms with van der Waals surface area (Å²) >= 11 is 6.13. The number of nitrogens with zero attached hydrogens (tertiary/aromatic N) is 3. The average molecular weight is 398 g/mol. The van der Waals surface area contributed by atoms with Crippen LogP contribution in [-0.4, -0.2) is 26.7 Å². The molecule has 2 heterocycles. The molecule has 9 heteroatoms. The Bertz CT molecular complexity index is 1010. The van der Waals surface area contributed by atoms with Gasteiger partial charge in [-0.3, -0.25) is 0 Å². The van der Waals surface area contributed by atoms with Crippen LogP contribution in [0.15, 0.2) is 30.3 Å². The minimum Gasteiger partial charge on any atom is -0.458 e. The highest BCUT2D eigenvalue weighted by atomic mass is 35.5. The second-order valence-corrected chi connectivity index (χ2v) is 6.62. The molecule has 27 heavy (non-hydrogen) atoms. The SMILES string of the molecule is Cc1ccc(-c2cc(C(F)(F)F)n3nc(C(=O)OC(C)C)c(Cl)c3n2)cc1. The number of hydrogen-bond donors (Lipinski definition) is 0. The van der Waals surface area contributed by atoms with E-state index in [2.05, 4.69) is 10.1 Å². The van der Waals surface area contributed by atoms with Gasteiger partial charge in [0.15, 0.2) is 17.0 Å². The van der Waals surface area contributed by atoms with Crippen molar-refractivity contribution < 1.29 is 22.7 Å². The number of carbonyl (C=O) groups is 1. The van der Waals surface area contributed by atoms with Crippen LogP contribution in [0.25, 0.3) is 16.9 Å². The molecule has 5 nitrogen and oxygen atoms in total. The first kappa shape index (κ1) is 19.2. The van der Waals surface area contributed by atoms with Gasteiger partial charge in [0.05, 0.1) is 11.8 Å². The average Bonchev–Trinajstić information content (AvgIpc) is 2.90. The van der Waals surface area contributed by atoms with Gasteiger partial charge in [-0.25, -0.2) is 14.3 Å². The van der Waals surface area contributed by atoms with Crippen LogP contribution in [0.4, 0.5) is 13.2 Å². The largest absolute Gasteiger partial charge is 0.458 e. The molecule has 0 atom stereocenters. The van der Waals surface area contributed by atoms with E-state index in [4.69, 9.17) is 16.3 Å². The summed E-state index contributed by atoms with van der Waals surface area (Å²) in [7, 11) is 0. The van der Waals surface area contributed by atoms with Crippen LogP contribution in [0.5, 0.6) is 0 Å². The molecule has 0 fully saturated rings. The maximum Gasteiger partial charge on any atom is 0.433 e. The Hall–Kier alpha value is -2.61. The van der Waals surface area contributed by atoms with Crippen molar-refractivity contribution in [1.29, 1.82) is 0 Å². The summed E-state index contributed by atoms with van der Waals surface area (Å²) in [6.07, 6.45) is -5.20. The van der Waals surface area contributed by atoms with E-state index in [-0.39, 0.29) is 16.4 Å². The predicted molar refractivity (Wildman–Crippen MR) is 93.7 cm³/mol. The maximum atomic E-state index is 13.6. The van der Waals surface area contributed by atoms with Crippen molar-refractivity contribution in [3.63, 3.8) is 0 Å². The molecule has 3 rings (SSSR count). The number of benzene rings is 1. The van der Waals surface area contributed by atoms with Crippen molar-refractivity contribution in [2.45, 2.75) is 33.1 Å². The van der Waals surface area contributed by atoms with Crippen molar-refractivity contribution in [2.75, 3.05) is 0 Å². The summed E-state index contributed by atoms with van der Waals surface area (Å²) in [6, 6.07) is 7.72. The first-order chi connectivity index (χ1) is 12.6. The lowest BCUT2D eigenvalue weighted by molar-refractivity contribution is -0.142. The lowest BCUT2D eigenvalue weighted by atomic mass is 10.1. The van der Waals surface area contributed by atoms with Crippen molar-refractivity contribution in [3.8, 4) is 11.3 Å². The fourth-order valence-corrected chi connectivity index (χ4v) is 2.70. The number of aromatic nitrogens is 3. The highest BCUT2D eigenvalue weighted by Gasteiger charge is 2.37. The van der Waals surface area contributed by atoms with E-state index in [1.807, 2.05) is 6.92 Å². The number of hydrogen-bond acceptors (Lipinski definition) is 4. The zero-order valence-corrected chi connectivity index (χ0v) is 15.4. The van der Waals surface area contributed by atoms with Gasteiger partial charge in [0.25, 0.3) is 0 Å². The Morgan fingerprint density at radius 2 is 1.85 bits per heavy atom. The van der Waals surface area contributed by atoms with E-state index in [9.17, 15) is 18.0 Å². The standard InChI is InChI=1S/C18H15ClF3N3O2/c1-9(2)27-17(26)15-14(19)16-23-12(11-6-4-10(3)5-7-11)8-13(18(20,21)22)25(16)24-15/h4-9H,1-3H3. The predicted octanol–water partition coefficient (Wildman–Crippen LogP) is 4.94. The minimum atomic E-state index is -4.73. The minimum absolute atomic E-state index is 0.0698. The van der Waals surface area contributed by atoms with Crippen molar-refractivity contribution in [1.82, 2.24) is 14.6 Å². The van der Waals surface area contributed by atoms with Crippen molar-refractivity contribution in [3.05, 3.63) is 52.3 Å². The molecule has 0 N–H and O–H groups in total. The van der Waals surface area contributed by atoms with E-state index in [1.54, 1.807) is 38.1 Å². The monoisotopic (exact) mass is 397 g/mol. The zero-order valence-electron chi connectivity index (χ0n) is 14.6. The molecule has 0 saturated heterocycles. The van der Waals surface area contributed by atoms with Gasteiger partial charge in [0.1, 0.15) is 5.02 Å². The highest BCUT2D eigenvalue weighted by Crippen LogP contribution is 2.34. The van der Waals surface area contributed by atoms with Gasteiger partial charge >= 0.3 is 12.1 Å². The van der Waals surface area contributed by atoms with Crippen molar-refractivity contribution in [2.24, 2.45) is 0 Å². The number of rotatable bonds is 3.